The van der Waals surface area contributed by atoms with Crippen LogP contribution in [0.15, 0.2) is 24.4 Å². The predicted octanol–water partition coefficient (Wildman–Crippen LogP) is 1.73. The maximum Gasteiger partial charge on any atom is 0.271 e. The molecular formula is C22H28N4O4. The van der Waals surface area contributed by atoms with Gasteiger partial charge in [-0.1, -0.05) is 12.1 Å². The number of fused-ring (bicyclic) bond motifs is 2. The van der Waals surface area contributed by atoms with Crippen molar-refractivity contribution in [1.29, 1.82) is 0 Å². The zero-order valence-electron chi connectivity index (χ0n) is 17.5. The largest absolute Gasteiger partial charge is 0.493 e. The molecule has 1 atom stereocenters. The quantitative estimate of drug-likeness (QED) is 0.731. The Labute approximate surface area is 176 Å². The lowest BCUT2D eigenvalue weighted by Gasteiger charge is -2.34. The van der Waals surface area contributed by atoms with Gasteiger partial charge in [0.15, 0.2) is 0 Å². The molecule has 0 radical (unpaired) electrons. The summed E-state index contributed by atoms with van der Waals surface area (Å²) in [6.07, 6.45) is 4.11. The molecule has 1 aromatic heterocycles. The highest BCUT2D eigenvalue weighted by Crippen LogP contribution is 2.28. The van der Waals surface area contributed by atoms with Gasteiger partial charge in [0, 0.05) is 32.9 Å². The number of aryl methyl sites for hydroxylation is 1. The Balaban J connectivity index is 1.43. The first-order chi connectivity index (χ1) is 14.6. The monoisotopic (exact) mass is 412 g/mol. The van der Waals surface area contributed by atoms with Gasteiger partial charge in [-0.05, 0) is 37.0 Å². The van der Waals surface area contributed by atoms with Crippen LogP contribution in [0.1, 0.15) is 46.8 Å². The molecule has 2 amide bonds. The molecule has 160 valence electrons. The smallest absolute Gasteiger partial charge is 0.271 e. The van der Waals surface area contributed by atoms with Crippen molar-refractivity contribution >= 4 is 11.8 Å². The molecule has 0 spiro atoms. The maximum absolute atomic E-state index is 13.0. The molecule has 8 nitrogen and oxygen atoms in total. The van der Waals surface area contributed by atoms with Gasteiger partial charge in [0.2, 0.25) is 5.91 Å². The SMILES string of the molecule is COCCNC(=O)c1cn2c(n1)[C@@H](C)N(C(=O)Cc1ccc3c(c1)CCCO3)CC2. The second-order valence-corrected chi connectivity index (χ2v) is 7.76. The zero-order valence-corrected chi connectivity index (χ0v) is 17.5. The molecule has 30 heavy (non-hydrogen) atoms. The molecule has 2 aliphatic rings. The Bertz CT molecular complexity index is 939. The second-order valence-electron chi connectivity index (χ2n) is 7.76. The van der Waals surface area contributed by atoms with E-state index in [1.165, 1.54) is 5.56 Å². The van der Waals surface area contributed by atoms with Crippen molar-refractivity contribution in [3.8, 4) is 5.75 Å². The number of nitrogens with zero attached hydrogens (tertiary/aromatic N) is 3. The summed E-state index contributed by atoms with van der Waals surface area (Å²) in [6, 6.07) is 5.84. The van der Waals surface area contributed by atoms with Gasteiger partial charge in [-0.3, -0.25) is 9.59 Å². The van der Waals surface area contributed by atoms with Crippen LogP contribution in [0.4, 0.5) is 0 Å². The first-order valence-corrected chi connectivity index (χ1v) is 10.4. The van der Waals surface area contributed by atoms with Crippen LogP contribution < -0.4 is 10.1 Å². The molecule has 0 bridgehead atoms. The van der Waals surface area contributed by atoms with E-state index in [4.69, 9.17) is 9.47 Å². The lowest BCUT2D eigenvalue weighted by atomic mass is 10.0. The number of benzene rings is 1. The number of aromatic nitrogens is 2. The zero-order chi connectivity index (χ0) is 21.1. The van der Waals surface area contributed by atoms with Crippen molar-refractivity contribution < 1.29 is 19.1 Å². The summed E-state index contributed by atoms with van der Waals surface area (Å²) < 4.78 is 12.6. The first kappa shape index (κ1) is 20.4. The number of carbonyl (C=O) groups is 2. The maximum atomic E-state index is 13.0. The molecule has 1 N–H and O–H groups in total. The van der Waals surface area contributed by atoms with Crippen molar-refractivity contribution in [1.82, 2.24) is 19.8 Å². The third-order valence-electron chi connectivity index (χ3n) is 5.70. The highest BCUT2D eigenvalue weighted by atomic mass is 16.5. The molecule has 0 unspecified atom stereocenters. The number of methoxy groups -OCH3 is 1. The summed E-state index contributed by atoms with van der Waals surface area (Å²) in [6.45, 7) is 4.83. The highest BCUT2D eigenvalue weighted by molar-refractivity contribution is 5.92. The number of nitrogens with one attached hydrogen (secondary N) is 1. The molecular weight excluding hydrogens is 384 g/mol. The lowest BCUT2D eigenvalue weighted by molar-refractivity contribution is -0.133. The molecule has 4 rings (SSSR count). The third-order valence-corrected chi connectivity index (χ3v) is 5.70. The molecule has 3 heterocycles. The van der Waals surface area contributed by atoms with Crippen molar-refractivity contribution in [2.45, 2.75) is 38.8 Å². The number of imidazole rings is 1. The van der Waals surface area contributed by atoms with Crippen molar-refractivity contribution in [2.24, 2.45) is 0 Å². The number of amides is 2. The number of rotatable bonds is 6. The fourth-order valence-corrected chi connectivity index (χ4v) is 4.10. The third kappa shape index (κ3) is 4.18. The lowest BCUT2D eigenvalue weighted by Crippen LogP contribution is -2.41. The van der Waals surface area contributed by atoms with E-state index in [0.717, 1.165) is 36.6 Å². The van der Waals surface area contributed by atoms with E-state index in [0.29, 0.717) is 38.4 Å². The van der Waals surface area contributed by atoms with Crippen LogP contribution in [0.3, 0.4) is 0 Å². The van der Waals surface area contributed by atoms with Gasteiger partial charge in [0.25, 0.3) is 5.91 Å². The molecule has 2 aliphatic heterocycles. The molecule has 0 fully saturated rings. The van der Waals surface area contributed by atoms with E-state index in [9.17, 15) is 9.59 Å². The average molecular weight is 412 g/mol. The van der Waals surface area contributed by atoms with Gasteiger partial charge >= 0.3 is 0 Å². The van der Waals surface area contributed by atoms with Crippen molar-refractivity contribution in [2.75, 3.05) is 33.4 Å². The second kappa shape index (κ2) is 8.87. The van der Waals surface area contributed by atoms with Crippen LogP contribution in [0, 0.1) is 0 Å². The van der Waals surface area contributed by atoms with Gasteiger partial charge in [0.1, 0.15) is 17.3 Å². The Morgan fingerprint density at radius 1 is 1.33 bits per heavy atom. The summed E-state index contributed by atoms with van der Waals surface area (Å²) in [5.74, 6) is 1.52. The molecule has 0 saturated heterocycles. The number of carbonyl (C=O) groups excluding carboxylic acids is 2. The predicted molar refractivity (Wildman–Crippen MR) is 111 cm³/mol. The number of hydrogen-bond acceptors (Lipinski definition) is 5. The Morgan fingerprint density at radius 2 is 2.20 bits per heavy atom. The fourth-order valence-electron chi connectivity index (χ4n) is 4.10. The van der Waals surface area contributed by atoms with Crippen LogP contribution in [-0.4, -0.2) is 59.7 Å². The van der Waals surface area contributed by atoms with Crippen molar-refractivity contribution in [3.63, 3.8) is 0 Å². The van der Waals surface area contributed by atoms with Crippen LogP contribution >= 0.6 is 0 Å². The minimum Gasteiger partial charge on any atom is -0.493 e. The van der Waals surface area contributed by atoms with E-state index in [-0.39, 0.29) is 17.9 Å². The summed E-state index contributed by atoms with van der Waals surface area (Å²) in [5.41, 5.74) is 2.55. The van der Waals surface area contributed by atoms with Gasteiger partial charge in [-0.15, -0.1) is 0 Å². The van der Waals surface area contributed by atoms with Crippen LogP contribution in [-0.2, 0) is 28.9 Å². The van der Waals surface area contributed by atoms with Gasteiger partial charge < -0.3 is 24.3 Å². The van der Waals surface area contributed by atoms with Crippen LogP contribution in [0.25, 0.3) is 0 Å². The molecule has 8 heteroatoms. The summed E-state index contributed by atoms with van der Waals surface area (Å²) in [4.78, 5) is 31.7. The summed E-state index contributed by atoms with van der Waals surface area (Å²) in [7, 11) is 1.59. The van der Waals surface area contributed by atoms with Crippen LogP contribution in [0.5, 0.6) is 5.75 Å². The highest BCUT2D eigenvalue weighted by Gasteiger charge is 2.30. The summed E-state index contributed by atoms with van der Waals surface area (Å²) in [5, 5.41) is 2.78. The molecule has 0 aliphatic carbocycles. The minimum absolute atomic E-state index is 0.0690. The van der Waals surface area contributed by atoms with Crippen LogP contribution in [0.2, 0.25) is 0 Å². The average Bonchev–Trinajstić information content (AvgIpc) is 3.19. The Morgan fingerprint density at radius 3 is 3.03 bits per heavy atom. The number of ether oxygens (including phenoxy) is 2. The Kier molecular flexibility index (Phi) is 6.03. The van der Waals surface area contributed by atoms with E-state index in [1.807, 2.05) is 28.5 Å². The van der Waals surface area contributed by atoms with Gasteiger partial charge in [-0.2, -0.15) is 0 Å². The van der Waals surface area contributed by atoms with E-state index >= 15 is 0 Å². The van der Waals surface area contributed by atoms with E-state index in [2.05, 4.69) is 16.4 Å². The molecule has 2 aromatic rings. The summed E-state index contributed by atoms with van der Waals surface area (Å²) >= 11 is 0. The van der Waals surface area contributed by atoms with Crippen molar-refractivity contribution in [3.05, 3.63) is 47.0 Å². The van der Waals surface area contributed by atoms with E-state index in [1.54, 1.807) is 13.3 Å². The standard InChI is InChI=1S/C22H28N4O4/c1-15-21-24-18(22(28)23-7-11-29-2)14-25(21)8-9-26(15)20(27)13-16-5-6-19-17(12-16)4-3-10-30-19/h5-6,12,14-15H,3-4,7-11,13H2,1-2H3,(H,23,28)/t15-/m1/s1. The first-order valence-electron chi connectivity index (χ1n) is 10.4. The minimum atomic E-state index is -0.227. The Hall–Kier alpha value is -2.87. The van der Waals surface area contributed by atoms with Gasteiger partial charge in [-0.25, -0.2) is 4.98 Å². The molecule has 1 aromatic carbocycles. The van der Waals surface area contributed by atoms with Gasteiger partial charge in [0.05, 0.1) is 25.7 Å². The van der Waals surface area contributed by atoms with E-state index < -0.39 is 0 Å². The normalized spacial score (nSPS) is 17.7. The fraction of sp³-hybridized carbons (Fsp3) is 0.500. The number of hydrogen-bond donors (Lipinski definition) is 1. The molecule has 0 saturated carbocycles. The topological polar surface area (TPSA) is 85.7 Å².